The van der Waals surface area contributed by atoms with Gasteiger partial charge in [-0.2, -0.15) is 0 Å². The van der Waals surface area contributed by atoms with Gasteiger partial charge < -0.3 is 15.2 Å². The molecule has 1 rings (SSSR count). The van der Waals surface area contributed by atoms with E-state index in [1.165, 1.54) is 5.56 Å². The highest BCUT2D eigenvalue weighted by Crippen LogP contribution is 2.38. The molecule has 3 heteroatoms. The van der Waals surface area contributed by atoms with Crippen molar-refractivity contribution in [3.8, 4) is 11.5 Å². The SMILES string of the molecule is COc1cc(C(C)(C)C)cc(C(C)N)c1OC. The maximum absolute atomic E-state index is 5.99. The Kier molecular flexibility index (Phi) is 4.04. The summed E-state index contributed by atoms with van der Waals surface area (Å²) in [6.07, 6.45) is 0. The van der Waals surface area contributed by atoms with Crippen molar-refractivity contribution in [3.63, 3.8) is 0 Å². The van der Waals surface area contributed by atoms with Gasteiger partial charge in [-0.05, 0) is 30.0 Å². The normalized spacial score (nSPS) is 13.4. The summed E-state index contributed by atoms with van der Waals surface area (Å²) >= 11 is 0. The van der Waals surface area contributed by atoms with Crippen molar-refractivity contribution in [2.75, 3.05) is 14.2 Å². The average Bonchev–Trinajstić information content (AvgIpc) is 2.25. The highest BCUT2D eigenvalue weighted by Gasteiger charge is 2.21. The van der Waals surface area contributed by atoms with E-state index in [1.807, 2.05) is 13.0 Å². The minimum absolute atomic E-state index is 0.0587. The minimum Gasteiger partial charge on any atom is -0.493 e. The van der Waals surface area contributed by atoms with Crippen LogP contribution in [0.3, 0.4) is 0 Å². The van der Waals surface area contributed by atoms with Crippen molar-refractivity contribution in [2.45, 2.75) is 39.2 Å². The topological polar surface area (TPSA) is 44.5 Å². The van der Waals surface area contributed by atoms with Gasteiger partial charge in [-0.3, -0.25) is 0 Å². The molecule has 0 aliphatic heterocycles. The Morgan fingerprint density at radius 3 is 2.06 bits per heavy atom. The Morgan fingerprint density at radius 2 is 1.71 bits per heavy atom. The van der Waals surface area contributed by atoms with Crippen LogP contribution in [0.25, 0.3) is 0 Å². The first-order valence-corrected chi connectivity index (χ1v) is 5.83. The molecule has 0 spiro atoms. The maximum Gasteiger partial charge on any atom is 0.165 e. The van der Waals surface area contributed by atoms with E-state index >= 15 is 0 Å². The van der Waals surface area contributed by atoms with Gasteiger partial charge in [-0.25, -0.2) is 0 Å². The molecule has 0 heterocycles. The van der Waals surface area contributed by atoms with E-state index in [-0.39, 0.29) is 11.5 Å². The summed E-state index contributed by atoms with van der Waals surface area (Å²) in [4.78, 5) is 0. The lowest BCUT2D eigenvalue weighted by Gasteiger charge is -2.24. The Hall–Kier alpha value is -1.22. The molecule has 0 fully saturated rings. The lowest BCUT2D eigenvalue weighted by molar-refractivity contribution is 0.348. The smallest absolute Gasteiger partial charge is 0.165 e. The lowest BCUT2D eigenvalue weighted by Crippen LogP contribution is -2.15. The molecule has 2 N–H and O–H groups in total. The van der Waals surface area contributed by atoms with E-state index in [9.17, 15) is 0 Å². The van der Waals surface area contributed by atoms with Crippen LogP contribution in [0.5, 0.6) is 11.5 Å². The number of benzene rings is 1. The van der Waals surface area contributed by atoms with Gasteiger partial charge in [-0.15, -0.1) is 0 Å². The molecule has 0 saturated heterocycles. The first kappa shape index (κ1) is 13.8. The lowest BCUT2D eigenvalue weighted by atomic mass is 9.85. The van der Waals surface area contributed by atoms with Crippen LogP contribution in [-0.2, 0) is 5.41 Å². The molecule has 96 valence electrons. The van der Waals surface area contributed by atoms with E-state index in [4.69, 9.17) is 15.2 Å². The number of ether oxygens (including phenoxy) is 2. The van der Waals surface area contributed by atoms with Gasteiger partial charge in [0.1, 0.15) is 0 Å². The van der Waals surface area contributed by atoms with Crippen LogP contribution >= 0.6 is 0 Å². The van der Waals surface area contributed by atoms with Crippen molar-refractivity contribution in [3.05, 3.63) is 23.3 Å². The Morgan fingerprint density at radius 1 is 1.12 bits per heavy atom. The molecule has 0 aliphatic rings. The Bertz CT molecular complexity index is 392. The maximum atomic E-state index is 5.99. The van der Waals surface area contributed by atoms with E-state index in [0.29, 0.717) is 0 Å². The zero-order chi connectivity index (χ0) is 13.2. The van der Waals surface area contributed by atoms with Gasteiger partial charge in [-0.1, -0.05) is 20.8 Å². The van der Waals surface area contributed by atoms with Gasteiger partial charge in [0.15, 0.2) is 11.5 Å². The molecule has 3 nitrogen and oxygen atoms in total. The monoisotopic (exact) mass is 237 g/mol. The van der Waals surface area contributed by atoms with Gasteiger partial charge >= 0.3 is 0 Å². The number of hydrogen-bond acceptors (Lipinski definition) is 3. The van der Waals surface area contributed by atoms with Crippen molar-refractivity contribution in [2.24, 2.45) is 5.73 Å². The molecular weight excluding hydrogens is 214 g/mol. The quantitative estimate of drug-likeness (QED) is 0.878. The van der Waals surface area contributed by atoms with Gasteiger partial charge in [0.2, 0.25) is 0 Å². The third-order valence-corrected chi connectivity index (χ3v) is 2.86. The first-order valence-electron chi connectivity index (χ1n) is 5.83. The molecule has 1 unspecified atom stereocenters. The van der Waals surface area contributed by atoms with Crippen LogP contribution in [0.4, 0.5) is 0 Å². The molecular formula is C14H23NO2. The van der Waals surface area contributed by atoms with E-state index in [2.05, 4.69) is 26.8 Å². The fraction of sp³-hybridized carbons (Fsp3) is 0.571. The van der Waals surface area contributed by atoms with Gasteiger partial charge in [0.05, 0.1) is 14.2 Å². The molecule has 0 saturated carbocycles. The van der Waals surface area contributed by atoms with E-state index in [0.717, 1.165) is 17.1 Å². The van der Waals surface area contributed by atoms with Crippen molar-refractivity contribution in [1.29, 1.82) is 0 Å². The molecule has 0 amide bonds. The summed E-state index contributed by atoms with van der Waals surface area (Å²) < 4.78 is 10.8. The molecule has 0 bridgehead atoms. The average molecular weight is 237 g/mol. The number of hydrogen-bond donors (Lipinski definition) is 1. The number of methoxy groups -OCH3 is 2. The van der Waals surface area contributed by atoms with Crippen molar-refractivity contribution < 1.29 is 9.47 Å². The third-order valence-electron chi connectivity index (χ3n) is 2.86. The van der Waals surface area contributed by atoms with E-state index in [1.54, 1.807) is 14.2 Å². The minimum atomic E-state index is -0.0823. The molecule has 1 aromatic carbocycles. The highest BCUT2D eigenvalue weighted by atomic mass is 16.5. The van der Waals surface area contributed by atoms with Crippen molar-refractivity contribution >= 4 is 0 Å². The molecule has 0 aromatic heterocycles. The third kappa shape index (κ3) is 2.91. The number of rotatable bonds is 3. The summed E-state index contributed by atoms with van der Waals surface area (Å²) in [6.45, 7) is 8.45. The van der Waals surface area contributed by atoms with Crippen LogP contribution in [0, 0.1) is 0 Å². The van der Waals surface area contributed by atoms with Crippen molar-refractivity contribution in [1.82, 2.24) is 0 Å². The molecule has 1 atom stereocenters. The molecule has 0 aliphatic carbocycles. The summed E-state index contributed by atoms with van der Waals surface area (Å²) in [5, 5.41) is 0. The molecule has 0 radical (unpaired) electrons. The Labute approximate surface area is 104 Å². The summed E-state index contributed by atoms with van der Waals surface area (Å²) in [5.41, 5.74) is 8.23. The standard InChI is InChI=1S/C14H23NO2/c1-9(15)11-7-10(14(2,3)4)8-12(16-5)13(11)17-6/h7-9H,15H2,1-6H3. The highest BCUT2D eigenvalue weighted by molar-refractivity contribution is 5.52. The predicted octanol–water partition coefficient (Wildman–Crippen LogP) is 3.02. The van der Waals surface area contributed by atoms with Crippen LogP contribution in [0.15, 0.2) is 12.1 Å². The second-order valence-electron chi connectivity index (χ2n) is 5.34. The summed E-state index contributed by atoms with van der Waals surface area (Å²) in [7, 11) is 3.29. The van der Waals surface area contributed by atoms with Crippen LogP contribution in [0.2, 0.25) is 0 Å². The first-order chi connectivity index (χ1) is 7.81. The number of nitrogens with two attached hydrogens (primary N) is 1. The van der Waals surface area contributed by atoms with Crippen LogP contribution < -0.4 is 15.2 Å². The summed E-state index contributed by atoms with van der Waals surface area (Å²) in [6, 6.07) is 4.04. The van der Waals surface area contributed by atoms with Crippen LogP contribution in [0.1, 0.15) is 44.9 Å². The molecule has 17 heavy (non-hydrogen) atoms. The largest absolute Gasteiger partial charge is 0.493 e. The zero-order valence-corrected chi connectivity index (χ0v) is 11.6. The van der Waals surface area contributed by atoms with Gasteiger partial charge in [0, 0.05) is 11.6 Å². The van der Waals surface area contributed by atoms with Crippen LogP contribution in [-0.4, -0.2) is 14.2 Å². The second-order valence-corrected chi connectivity index (χ2v) is 5.34. The molecule has 1 aromatic rings. The van der Waals surface area contributed by atoms with Gasteiger partial charge in [0.25, 0.3) is 0 Å². The zero-order valence-electron chi connectivity index (χ0n) is 11.6. The van der Waals surface area contributed by atoms with E-state index < -0.39 is 0 Å². The fourth-order valence-electron chi connectivity index (χ4n) is 1.77. The summed E-state index contributed by atoms with van der Waals surface area (Å²) in [5.74, 6) is 1.47. The predicted molar refractivity (Wildman–Crippen MR) is 70.8 cm³/mol. The Balaban J connectivity index is 3.46. The second kappa shape index (κ2) is 4.96. The fourth-order valence-corrected chi connectivity index (χ4v) is 1.77.